The Morgan fingerprint density at radius 2 is 1.90 bits per heavy atom. The van der Waals surface area contributed by atoms with Crippen LogP contribution in [0.5, 0.6) is 0 Å². The highest BCUT2D eigenvalue weighted by atomic mass is 32.2. The van der Waals surface area contributed by atoms with Crippen LogP contribution in [0, 0.1) is 5.82 Å². The third kappa shape index (κ3) is 2.99. The second kappa shape index (κ2) is 5.05. The summed E-state index contributed by atoms with van der Waals surface area (Å²) in [5.41, 5.74) is 0.165. The van der Waals surface area contributed by atoms with E-state index in [1.54, 1.807) is 19.9 Å². The molecule has 1 heterocycles. The van der Waals surface area contributed by atoms with E-state index < -0.39 is 34.2 Å². The highest BCUT2D eigenvalue weighted by Gasteiger charge is 2.47. The standard InChI is InChI=1S/C12H16FNO5S/c1-12(2)18-10(8-6-4-5-7-9(8)13)11(19-12)14(3)20(15,16)17/h4-7,10-11H,1-3H3,(H,15,16,17). The van der Waals surface area contributed by atoms with Crippen LogP contribution in [0.15, 0.2) is 24.3 Å². The van der Waals surface area contributed by atoms with Crippen LogP contribution in [0.2, 0.25) is 0 Å². The van der Waals surface area contributed by atoms with Gasteiger partial charge in [-0.2, -0.15) is 12.7 Å². The molecule has 2 rings (SSSR count). The van der Waals surface area contributed by atoms with Gasteiger partial charge in [0.2, 0.25) is 0 Å². The Labute approximate surface area is 117 Å². The van der Waals surface area contributed by atoms with Gasteiger partial charge in [-0.1, -0.05) is 18.2 Å². The van der Waals surface area contributed by atoms with Crippen molar-refractivity contribution in [3.8, 4) is 0 Å². The first-order valence-electron chi connectivity index (χ1n) is 5.92. The van der Waals surface area contributed by atoms with Crippen LogP contribution in [-0.4, -0.2) is 36.3 Å². The summed E-state index contributed by atoms with van der Waals surface area (Å²) in [6, 6.07) is 5.85. The smallest absolute Gasteiger partial charge is 0.337 e. The van der Waals surface area contributed by atoms with E-state index in [4.69, 9.17) is 14.0 Å². The molecule has 20 heavy (non-hydrogen) atoms. The summed E-state index contributed by atoms with van der Waals surface area (Å²) >= 11 is 0. The zero-order chi connectivity index (χ0) is 15.1. The molecule has 0 amide bonds. The van der Waals surface area contributed by atoms with Crippen LogP contribution < -0.4 is 0 Å². The molecule has 1 saturated heterocycles. The molecule has 1 aliphatic heterocycles. The number of rotatable bonds is 3. The molecule has 8 heteroatoms. The van der Waals surface area contributed by atoms with Crippen molar-refractivity contribution in [3.63, 3.8) is 0 Å². The molecule has 1 aliphatic rings. The lowest BCUT2D eigenvalue weighted by Crippen LogP contribution is -2.40. The molecule has 0 aliphatic carbocycles. The van der Waals surface area contributed by atoms with Gasteiger partial charge >= 0.3 is 10.3 Å². The van der Waals surface area contributed by atoms with Crippen molar-refractivity contribution in [1.82, 2.24) is 4.31 Å². The number of hydrogen-bond acceptors (Lipinski definition) is 4. The lowest BCUT2D eigenvalue weighted by Gasteiger charge is -2.24. The molecule has 1 N–H and O–H groups in total. The number of benzene rings is 1. The van der Waals surface area contributed by atoms with E-state index in [9.17, 15) is 12.8 Å². The molecule has 2 atom stereocenters. The van der Waals surface area contributed by atoms with Gasteiger partial charge in [0.15, 0.2) is 12.0 Å². The van der Waals surface area contributed by atoms with Crippen LogP contribution >= 0.6 is 0 Å². The Morgan fingerprint density at radius 3 is 2.45 bits per heavy atom. The number of nitrogens with zero attached hydrogens (tertiary/aromatic N) is 1. The fraction of sp³-hybridized carbons (Fsp3) is 0.500. The normalized spacial score (nSPS) is 26.1. The molecular weight excluding hydrogens is 289 g/mol. The summed E-state index contributed by atoms with van der Waals surface area (Å²) in [4.78, 5) is 0. The fourth-order valence-electron chi connectivity index (χ4n) is 2.06. The van der Waals surface area contributed by atoms with Crippen LogP contribution in [0.4, 0.5) is 4.39 Å². The molecule has 0 bridgehead atoms. The lowest BCUT2D eigenvalue weighted by molar-refractivity contribution is -0.154. The molecule has 1 fully saturated rings. The van der Waals surface area contributed by atoms with E-state index in [-0.39, 0.29) is 5.56 Å². The summed E-state index contributed by atoms with van der Waals surface area (Å²) in [6.07, 6.45) is -2.13. The number of halogens is 1. The topological polar surface area (TPSA) is 76.1 Å². The quantitative estimate of drug-likeness (QED) is 0.860. The molecular formula is C12H16FNO5S. The number of ether oxygens (including phenoxy) is 2. The van der Waals surface area contributed by atoms with Gasteiger partial charge in [0, 0.05) is 12.6 Å². The minimum atomic E-state index is -4.48. The predicted molar refractivity (Wildman–Crippen MR) is 68.5 cm³/mol. The summed E-state index contributed by atoms with van der Waals surface area (Å²) in [5, 5.41) is 0. The van der Waals surface area contributed by atoms with E-state index in [1.807, 2.05) is 0 Å². The van der Waals surface area contributed by atoms with Gasteiger partial charge in [0.1, 0.15) is 11.9 Å². The van der Waals surface area contributed by atoms with Crippen molar-refractivity contribution in [3.05, 3.63) is 35.6 Å². The van der Waals surface area contributed by atoms with Gasteiger partial charge in [-0.05, 0) is 19.9 Å². The Bertz CT molecular complexity index is 604. The predicted octanol–water partition coefficient (Wildman–Crippen LogP) is 1.71. The van der Waals surface area contributed by atoms with Crippen LogP contribution in [0.1, 0.15) is 25.5 Å². The monoisotopic (exact) mass is 305 g/mol. The third-order valence-corrected chi connectivity index (χ3v) is 3.94. The SMILES string of the molecule is CN(C1OC(C)(C)OC1c1ccccc1F)S(=O)(=O)O. The minimum Gasteiger partial charge on any atom is -0.338 e. The van der Waals surface area contributed by atoms with Crippen molar-refractivity contribution in [2.45, 2.75) is 32.0 Å². The minimum absolute atomic E-state index is 0.165. The van der Waals surface area contributed by atoms with E-state index >= 15 is 0 Å². The molecule has 1 aromatic rings. The van der Waals surface area contributed by atoms with Gasteiger partial charge < -0.3 is 9.47 Å². The largest absolute Gasteiger partial charge is 0.338 e. The average molecular weight is 305 g/mol. The molecule has 0 radical (unpaired) electrons. The van der Waals surface area contributed by atoms with Gasteiger partial charge in [-0.25, -0.2) is 4.39 Å². The van der Waals surface area contributed by atoms with E-state index in [0.717, 1.165) is 7.05 Å². The van der Waals surface area contributed by atoms with Crippen molar-refractivity contribution >= 4 is 10.3 Å². The highest BCUT2D eigenvalue weighted by molar-refractivity contribution is 7.83. The molecule has 0 aromatic heterocycles. The van der Waals surface area contributed by atoms with Gasteiger partial charge in [0.25, 0.3) is 0 Å². The third-order valence-electron chi connectivity index (χ3n) is 3.01. The number of hydrogen-bond donors (Lipinski definition) is 1. The average Bonchev–Trinajstić information content (AvgIpc) is 2.63. The summed E-state index contributed by atoms with van der Waals surface area (Å²) < 4.78 is 57.1. The van der Waals surface area contributed by atoms with Crippen molar-refractivity contribution in [2.24, 2.45) is 0 Å². The van der Waals surface area contributed by atoms with Crippen molar-refractivity contribution in [2.75, 3.05) is 7.05 Å². The second-order valence-corrected chi connectivity index (χ2v) is 6.43. The Kier molecular flexibility index (Phi) is 3.87. The van der Waals surface area contributed by atoms with Gasteiger partial charge in [0.05, 0.1) is 0 Å². The summed E-state index contributed by atoms with van der Waals surface area (Å²) in [7, 11) is -3.35. The van der Waals surface area contributed by atoms with E-state index in [1.165, 1.54) is 18.2 Å². The molecule has 1 aromatic carbocycles. The lowest BCUT2D eigenvalue weighted by atomic mass is 10.1. The highest BCUT2D eigenvalue weighted by Crippen LogP contribution is 2.40. The molecule has 112 valence electrons. The number of likely N-dealkylation sites (N-methyl/N-ethyl adjacent to an activating group) is 1. The summed E-state index contributed by atoms with van der Waals surface area (Å²) in [5.74, 6) is -1.64. The van der Waals surface area contributed by atoms with Gasteiger partial charge in [-0.3, -0.25) is 4.55 Å². The van der Waals surface area contributed by atoms with Crippen molar-refractivity contribution in [1.29, 1.82) is 0 Å². The molecule has 2 unspecified atom stereocenters. The van der Waals surface area contributed by atoms with E-state index in [0.29, 0.717) is 4.31 Å². The molecule has 6 nitrogen and oxygen atoms in total. The second-order valence-electron chi connectivity index (χ2n) is 4.96. The zero-order valence-corrected chi connectivity index (χ0v) is 12.1. The van der Waals surface area contributed by atoms with E-state index in [2.05, 4.69) is 0 Å². The maximum Gasteiger partial charge on any atom is 0.337 e. The Morgan fingerprint density at radius 1 is 1.30 bits per heavy atom. The first-order chi connectivity index (χ1) is 9.12. The van der Waals surface area contributed by atoms with Crippen LogP contribution in [0.3, 0.4) is 0 Å². The zero-order valence-electron chi connectivity index (χ0n) is 11.3. The maximum absolute atomic E-state index is 13.9. The first-order valence-corrected chi connectivity index (χ1v) is 7.32. The van der Waals surface area contributed by atoms with Crippen LogP contribution in [-0.2, 0) is 19.8 Å². The fourth-order valence-corrected chi connectivity index (χ4v) is 2.48. The Hall–Kier alpha value is -1.06. The first kappa shape index (κ1) is 15.3. The maximum atomic E-state index is 13.9. The molecule has 0 saturated carbocycles. The van der Waals surface area contributed by atoms with Gasteiger partial charge in [-0.15, -0.1) is 0 Å². The molecule has 0 spiro atoms. The Balaban J connectivity index is 2.42. The van der Waals surface area contributed by atoms with Crippen LogP contribution in [0.25, 0.3) is 0 Å². The summed E-state index contributed by atoms with van der Waals surface area (Å²) in [6.45, 7) is 3.16. The van der Waals surface area contributed by atoms with Crippen molar-refractivity contribution < 1.29 is 26.8 Å².